The summed E-state index contributed by atoms with van der Waals surface area (Å²) in [6.07, 6.45) is -4.71. The first-order chi connectivity index (χ1) is 12.1. The predicted molar refractivity (Wildman–Crippen MR) is 87.6 cm³/mol. The van der Waals surface area contributed by atoms with E-state index in [0.717, 1.165) is 25.2 Å². The number of benzene rings is 1. The first-order valence-electron chi connectivity index (χ1n) is 7.32. The minimum atomic E-state index is -4.71. The summed E-state index contributed by atoms with van der Waals surface area (Å²) in [5, 5.41) is 0.159. The lowest BCUT2D eigenvalue weighted by molar-refractivity contribution is -0.143. The maximum absolute atomic E-state index is 14.6. The molecule has 0 radical (unpaired) electrons. The smallest absolute Gasteiger partial charge is 0.431 e. The van der Waals surface area contributed by atoms with Gasteiger partial charge in [0, 0.05) is 25.1 Å². The Hall–Kier alpha value is -2.32. The van der Waals surface area contributed by atoms with Gasteiger partial charge in [-0.05, 0) is 24.3 Å². The average Bonchev–Trinajstić information content (AvgIpc) is 2.94. The molecule has 0 aliphatic heterocycles. The van der Waals surface area contributed by atoms with Crippen molar-refractivity contribution >= 4 is 22.6 Å². The zero-order chi connectivity index (χ0) is 19.2. The number of methoxy groups -OCH3 is 1. The van der Waals surface area contributed by atoms with Crippen molar-refractivity contribution in [3.05, 3.63) is 56.9 Å². The van der Waals surface area contributed by atoms with E-state index in [1.807, 2.05) is 0 Å². The summed E-state index contributed by atoms with van der Waals surface area (Å²) >= 11 is 5.98. The van der Waals surface area contributed by atoms with E-state index in [-0.39, 0.29) is 33.7 Å². The molecule has 9 heteroatoms. The van der Waals surface area contributed by atoms with Gasteiger partial charge >= 0.3 is 6.18 Å². The minimum absolute atomic E-state index is 0.0210. The Balaban J connectivity index is 2.32. The van der Waals surface area contributed by atoms with Crippen molar-refractivity contribution < 1.29 is 26.7 Å². The largest absolute Gasteiger partial charge is 0.457 e. The fourth-order valence-electron chi connectivity index (χ4n) is 2.78. The second kappa shape index (κ2) is 6.44. The lowest BCUT2D eigenvalue weighted by Gasteiger charge is -2.13. The number of hydrogen-bond acceptors (Lipinski definition) is 3. The van der Waals surface area contributed by atoms with Gasteiger partial charge in [-0.3, -0.25) is 4.79 Å². The van der Waals surface area contributed by atoms with Crippen LogP contribution in [-0.4, -0.2) is 11.7 Å². The van der Waals surface area contributed by atoms with Gasteiger partial charge in [-0.1, -0.05) is 11.6 Å². The molecule has 0 spiro atoms. The van der Waals surface area contributed by atoms with Crippen molar-refractivity contribution in [3.63, 3.8) is 0 Å². The van der Waals surface area contributed by atoms with Crippen molar-refractivity contribution in [1.29, 1.82) is 0 Å². The molecule has 0 bridgehead atoms. The summed E-state index contributed by atoms with van der Waals surface area (Å²) in [6.45, 7) is 0.0804. The molecule has 1 aromatic carbocycles. The third kappa shape index (κ3) is 2.99. The Bertz CT molecular complexity index is 1050. The molecule has 0 unspecified atom stereocenters. The number of aromatic nitrogens is 1. The Morgan fingerprint density at radius 3 is 2.58 bits per heavy atom. The zero-order valence-electron chi connectivity index (χ0n) is 13.6. The molecule has 2 heterocycles. The molecule has 2 aromatic heterocycles. The lowest BCUT2D eigenvalue weighted by atomic mass is 10.0. The second-order valence-corrected chi connectivity index (χ2v) is 6.01. The molecule has 4 nitrogen and oxygen atoms in total. The van der Waals surface area contributed by atoms with Crippen LogP contribution in [0.4, 0.5) is 17.6 Å². The van der Waals surface area contributed by atoms with Crippen LogP contribution in [0.25, 0.3) is 22.1 Å². The van der Waals surface area contributed by atoms with Crippen molar-refractivity contribution in [1.82, 2.24) is 4.57 Å². The molecule has 0 saturated carbocycles. The van der Waals surface area contributed by atoms with E-state index in [0.29, 0.717) is 10.3 Å². The van der Waals surface area contributed by atoms with Crippen molar-refractivity contribution in [2.24, 2.45) is 7.05 Å². The molecule has 0 saturated heterocycles. The second-order valence-electron chi connectivity index (χ2n) is 5.60. The predicted octanol–water partition coefficient (Wildman–Crippen LogP) is 4.76. The maximum Gasteiger partial charge on any atom is 0.431 e. The van der Waals surface area contributed by atoms with Crippen molar-refractivity contribution in [2.75, 3.05) is 7.11 Å². The van der Waals surface area contributed by atoms with Gasteiger partial charge in [-0.2, -0.15) is 13.2 Å². The standard InChI is InChI=1S/C17H12ClF4NO3/c1-23-13(17(20,21)22)4-3-9(16(23)24)14-10-5-8(7-25-2)26-15(10)11(18)6-12(14)19/h3-6H,7H2,1-2H3. The number of pyridine rings is 1. The molecule has 0 aliphatic carbocycles. The normalized spacial score (nSPS) is 12.1. The van der Waals surface area contributed by atoms with Gasteiger partial charge in [-0.25, -0.2) is 4.39 Å². The highest BCUT2D eigenvalue weighted by Crippen LogP contribution is 2.37. The third-order valence-electron chi connectivity index (χ3n) is 3.91. The highest BCUT2D eigenvalue weighted by molar-refractivity contribution is 6.35. The van der Waals surface area contributed by atoms with Crippen LogP contribution in [0.15, 0.2) is 33.5 Å². The number of hydrogen-bond donors (Lipinski definition) is 0. The maximum atomic E-state index is 14.6. The number of alkyl halides is 3. The van der Waals surface area contributed by atoms with E-state index in [2.05, 4.69) is 0 Å². The number of rotatable bonds is 3. The molecule has 3 aromatic rings. The van der Waals surface area contributed by atoms with Crippen LogP contribution in [-0.2, 0) is 24.6 Å². The molecule has 0 aliphatic rings. The molecule has 0 fully saturated rings. The molecule has 3 rings (SSSR count). The summed E-state index contributed by atoms with van der Waals surface area (Å²) < 4.78 is 64.3. The van der Waals surface area contributed by atoms with E-state index < -0.39 is 23.2 Å². The monoisotopic (exact) mass is 389 g/mol. The van der Waals surface area contributed by atoms with Gasteiger partial charge in [0.25, 0.3) is 5.56 Å². The van der Waals surface area contributed by atoms with Crippen LogP contribution in [0.1, 0.15) is 11.5 Å². The molecule has 0 amide bonds. The van der Waals surface area contributed by atoms with E-state index in [4.69, 9.17) is 20.8 Å². The molecule has 138 valence electrons. The molecule has 0 N–H and O–H groups in total. The number of nitrogens with zero attached hydrogens (tertiary/aromatic N) is 1. The van der Waals surface area contributed by atoms with Crippen LogP contribution >= 0.6 is 11.6 Å². The van der Waals surface area contributed by atoms with Crippen LogP contribution in [0, 0.1) is 5.82 Å². The SMILES string of the molecule is COCc1cc2c(-c3ccc(C(F)(F)F)n(C)c3=O)c(F)cc(Cl)c2o1. The quantitative estimate of drug-likeness (QED) is 0.607. The van der Waals surface area contributed by atoms with Crippen LogP contribution < -0.4 is 5.56 Å². The van der Waals surface area contributed by atoms with E-state index in [1.54, 1.807) is 0 Å². The summed E-state index contributed by atoms with van der Waals surface area (Å²) in [5.74, 6) is -0.510. The Morgan fingerprint density at radius 1 is 1.27 bits per heavy atom. The van der Waals surface area contributed by atoms with Crippen LogP contribution in [0.2, 0.25) is 5.02 Å². The van der Waals surface area contributed by atoms with Crippen molar-refractivity contribution in [2.45, 2.75) is 12.8 Å². The highest BCUT2D eigenvalue weighted by Gasteiger charge is 2.34. The highest BCUT2D eigenvalue weighted by atomic mass is 35.5. The van der Waals surface area contributed by atoms with E-state index >= 15 is 0 Å². The summed E-state index contributed by atoms with van der Waals surface area (Å²) in [7, 11) is 2.41. The van der Waals surface area contributed by atoms with Gasteiger partial charge in [0.2, 0.25) is 0 Å². The van der Waals surface area contributed by atoms with Crippen molar-refractivity contribution in [3.8, 4) is 11.1 Å². The Morgan fingerprint density at radius 2 is 1.96 bits per heavy atom. The average molecular weight is 390 g/mol. The Kier molecular flexibility index (Phi) is 4.58. The fourth-order valence-corrected chi connectivity index (χ4v) is 3.02. The van der Waals surface area contributed by atoms with Crippen LogP contribution in [0.5, 0.6) is 0 Å². The third-order valence-corrected chi connectivity index (χ3v) is 4.19. The van der Waals surface area contributed by atoms with E-state index in [1.165, 1.54) is 13.2 Å². The summed E-state index contributed by atoms with van der Waals surface area (Å²) in [5.41, 5.74) is -2.41. The number of ether oxygens (including phenoxy) is 1. The fraction of sp³-hybridized carbons (Fsp3) is 0.235. The van der Waals surface area contributed by atoms with Gasteiger partial charge < -0.3 is 13.7 Å². The molecule has 0 atom stereocenters. The first kappa shape index (κ1) is 18.5. The van der Waals surface area contributed by atoms with Gasteiger partial charge in [0.15, 0.2) is 5.58 Å². The lowest BCUT2D eigenvalue weighted by Crippen LogP contribution is -2.26. The molecular weight excluding hydrogens is 378 g/mol. The summed E-state index contributed by atoms with van der Waals surface area (Å²) in [6, 6.07) is 4.07. The van der Waals surface area contributed by atoms with Gasteiger partial charge in [-0.15, -0.1) is 0 Å². The first-order valence-corrected chi connectivity index (χ1v) is 7.70. The van der Waals surface area contributed by atoms with Gasteiger partial charge in [0.1, 0.15) is 23.9 Å². The topological polar surface area (TPSA) is 44.4 Å². The number of halogens is 5. The van der Waals surface area contributed by atoms with E-state index in [9.17, 15) is 22.4 Å². The number of furan rings is 1. The summed E-state index contributed by atoms with van der Waals surface area (Å²) in [4.78, 5) is 12.5. The Labute approximate surface area is 149 Å². The van der Waals surface area contributed by atoms with Crippen LogP contribution in [0.3, 0.4) is 0 Å². The molecule has 26 heavy (non-hydrogen) atoms. The minimum Gasteiger partial charge on any atom is -0.457 e. The number of fused-ring (bicyclic) bond motifs is 1. The van der Waals surface area contributed by atoms with Gasteiger partial charge in [0.05, 0.1) is 10.6 Å². The zero-order valence-corrected chi connectivity index (χ0v) is 14.3. The molecular formula is C17H12ClF4NO3.